The summed E-state index contributed by atoms with van der Waals surface area (Å²) in [5.74, 6) is 0. The predicted octanol–water partition coefficient (Wildman–Crippen LogP) is 5.00. The third-order valence-corrected chi connectivity index (χ3v) is 4.90. The maximum atomic E-state index is 13.9. The molecule has 0 amide bonds. The highest BCUT2D eigenvalue weighted by molar-refractivity contribution is 6.41. The minimum absolute atomic E-state index is 0.441. The van der Waals surface area contributed by atoms with E-state index in [0.29, 0.717) is 34.0 Å². The maximum Gasteiger partial charge on any atom is 0.677 e. The van der Waals surface area contributed by atoms with Crippen LogP contribution in [0.3, 0.4) is 0 Å². The molecule has 4 heterocycles. The van der Waals surface area contributed by atoms with Gasteiger partial charge in [0.05, 0.1) is 11.4 Å². The van der Waals surface area contributed by atoms with E-state index in [4.69, 9.17) is 0 Å². The Bertz CT molecular complexity index is 1190. The highest BCUT2D eigenvalue weighted by atomic mass is 19.2. The molecule has 0 spiro atoms. The first-order valence-corrected chi connectivity index (χ1v) is 9.04. The lowest BCUT2D eigenvalue weighted by Crippen LogP contribution is -2.18. The second-order valence-corrected chi connectivity index (χ2v) is 7.02. The highest BCUT2D eigenvalue weighted by Gasteiger charge is 2.29. The molecule has 0 atom stereocenters. The van der Waals surface area contributed by atoms with Gasteiger partial charge >= 0.3 is 7.40 Å². The fraction of sp³-hybridized carbons (Fsp3) is 0.190. The lowest BCUT2D eigenvalue weighted by atomic mass is 9.98. The number of aromatic nitrogens is 3. The van der Waals surface area contributed by atoms with E-state index in [1.54, 1.807) is 19.2 Å². The summed E-state index contributed by atoms with van der Waals surface area (Å²) in [6.45, 7) is 7.36. The molecule has 140 valence electrons. The Hall–Kier alpha value is -3.09. The Labute approximate surface area is 162 Å². The van der Waals surface area contributed by atoms with Crippen LogP contribution >= 0.6 is 0 Å². The van der Waals surface area contributed by atoms with Crippen LogP contribution in [0.15, 0.2) is 58.9 Å². The predicted molar refractivity (Wildman–Crippen MR) is 110 cm³/mol. The number of hydrogen-bond donors (Lipinski definition) is 0. The van der Waals surface area contributed by atoms with Gasteiger partial charge in [0.1, 0.15) is 0 Å². The number of rotatable bonds is 3. The molecule has 0 N–H and O–H groups in total. The molecule has 3 aromatic heterocycles. The van der Waals surface area contributed by atoms with Crippen molar-refractivity contribution >= 4 is 29.7 Å². The molecular formula is C21H19BF2N4. The first-order chi connectivity index (χ1) is 13.4. The molecule has 0 saturated heterocycles. The fourth-order valence-electron chi connectivity index (χ4n) is 3.77. The van der Waals surface area contributed by atoms with Gasteiger partial charge in [0, 0.05) is 34.3 Å². The number of halogens is 2. The fourth-order valence-corrected chi connectivity index (χ4v) is 3.77. The van der Waals surface area contributed by atoms with Crippen molar-refractivity contribution in [1.29, 1.82) is 0 Å². The second kappa shape index (κ2) is 6.82. The number of pyridine rings is 2. The van der Waals surface area contributed by atoms with Gasteiger partial charge in [0.25, 0.3) is 0 Å². The summed E-state index contributed by atoms with van der Waals surface area (Å²) in [4.78, 5) is 13.6. The third kappa shape index (κ3) is 2.97. The van der Waals surface area contributed by atoms with Gasteiger partial charge in [0.15, 0.2) is 5.65 Å². The summed E-state index contributed by atoms with van der Waals surface area (Å²) in [7, 11) is -2.66. The van der Waals surface area contributed by atoms with Crippen LogP contribution < -0.4 is 0 Å². The average molecular weight is 376 g/mol. The SMILES string of the molecule is CC1=CC(C)=N/C1=C(/c1ccc2cccnc2n1)c1c(C)cc(C)n1B(F)F. The van der Waals surface area contributed by atoms with Crippen molar-refractivity contribution in [1.82, 2.24) is 14.4 Å². The Morgan fingerprint density at radius 2 is 1.86 bits per heavy atom. The summed E-state index contributed by atoms with van der Waals surface area (Å²) >= 11 is 0. The van der Waals surface area contributed by atoms with Gasteiger partial charge in [-0.1, -0.05) is 0 Å². The number of aryl methyl sites for hydroxylation is 2. The van der Waals surface area contributed by atoms with Crippen molar-refractivity contribution in [3.05, 3.63) is 76.5 Å². The number of aliphatic imine (C=N–C) groups is 1. The van der Waals surface area contributed by atoms with Crippen molar-refractivity contribution in [2.24, 2.45) is 4.99 Å². The molecule has 0 bridgehead atoms. The third-order valence-electron chi connectivity index (χ3n) is 4.90. The average Bonchev–Trinajstić information content (AvgIpc) is 3.13. The quantitative estimate of drug-likeness (QED) is 0.604. The Kier molecular flexibility index (Phi) is 4.45. The molecule has 0 aromatic carbocycles. The minimum Gasteiger partial charge on any atom is -0.329 e. The summed E-state index contributed by atoms with van der Waals surface area (Å²) in [6, 6.07) is 9.29. The number of hydrogen-bond acceptors (Lipinski definition) is 3. The van der Waals surface area contributed by atoms with Crippen LogP contribution in [0.5, 0.6) is 0 Å². The van der Waals surface area contributed by atoms with Gasteiger partial charge in [-0.25, -0.2) is 9.97 Å². The van der Waals surface area contributed by atoms with Crippen molar-refractivity contribution < 1.29 is 8.63 Å². The zero-order valence-electron chi connectivity index (χ0n) is 16.2. The van der Waals surface area contributed by atoms with Gasteiger partial charge in [-0.3, -0.25) is 13.6 Å². The minimum atomic E-state index is -2.66. The molecule has 4 nitrogen and oxygen atoms in total. The molecule has 0 fully saturated rings. The van der Waals surface area contributed by atoms with E-state index in [1.807, 2.05) is 51.1 Å². The van der Waals surface area contributed by atoms with Crippen LogP contribution in [0, 0.1) is 13.8 Å². The molecule has 0 unspecified atom stereocenters. The summed E-state index contributed by atoms with van der Waals surface area (Å²) in [5.41, 5.74) is 5.89. The van der Waals surface area contributed by atoms with Crippen LogP contribution in [-0.4, -0.2) is 27.6 Å². The van der Waals surface area contributed by atoms with Crippen LogP contribution in [0.1, 0.15) is 36.5 Å². The van der Waals surface area contributed by atoms with Crippen LogP contribution in [0.2, 0.25) is 0 Å². The van der Waals surface area contributed by atoms with Crippen molar-refractivity contribution in [3.8, 4) is 0 Å². The van der Waals surface area contributed by atoms with E-state index in [1.165, 1.54) is 0 Å². The molecule has 0 saturated carbocycles. The Morgan fingerprint density at radius 1 is 1.07 bits per heavy atom. The molecule has 0 radical (unpaired) electrons. The van der Waals surface area contributed by atoms with E-state index in [2.05, 4.69) is 15.0 Å². The van der Waals surface area contributed by atoms with Gasteiger partial charge in [-0.15, -0.1) is 0 Å². The first-order valence-electron chi connectivity index (χ1n) is 9.04. The first kappa shape index (κ1) is 18.3. The zero-order chi connectivity index (χ0) is 20.0. The standard InChI is InChI=1S/C21H19BF2N4/c1-12-10-14(3)26-19(12)18(20-13(2)11-15(4)28(20)22(23)24)17-8-7-16-6-5-9-25-21(16)27-17/h5-11H,1-4H3/b19-18-. The molecule has 1 aliphatic rings. The summed E-state index contributed by atoms with van der Waals surface area (Å²) < 4.78 is 29.0. The van der Waals surface area contributed by atoms with Gasteiger partial charge in [-0.05, 0) is 75.2 Å². The number of fused-ring (bicyclic) bond motifs is 1. The van der Waals surface area contributed by atoms with E-state index in [9.17, 15) is 8.63 Å². The number of allylic oxidation sites excluding steroid dienone is 2. The van der Waals surface area contributed by atoms with Gasteiger partial charge < -0.3 is 4.48 Å². The zero-order valence-corrected chi connectivity index (χ0v) is 16.2. The van der Waals surface area contributed by atoms with E-state index >= 15 is 0 Å². The lowest BCUT2D eigenvalue weighted by molar-refractivity contribution is 0.624. The number of nitrogens with zero attached hydrogens (tertiary/aromatic N) is 4. The monoisotopic (exact) mass is 376 g/mol. The molecule has 4 rings (SSSR count). The molecule has 0 aliphatic carbocycles. The highest BCUT2D eigenvalue weighted by Crippen LogP contribution is 2.36. The van der Waals surface area contributed by atoms with E-state index < -0.39 is 7.40 Å². The molecule has 1 aliphatic heterocycles. The van der Waals surface area contributed by atoms with Crippen molar-refractivity contribution in [3.63, 3.8) is 0 Å². The van der Waals surface area contributed by atoms with Gasteiger partial charge in [0.2, 0.25) is 0 Å². The molecule has 3 aromatic rings. The Morgan fingerprint density at radius 3 is 2.54 bits per heavy atom. The molecule has 28 heavy (non-hydrogen) atoms. The van der Waals surface area contributed by atoms with Gasteiger partial charge in [-0.2, -0.15) is 0 Å². The largest absolute Gasteiger partial charge is 0.677 e. The summed E-state index contributed by atoms with van der Waals surface area (Å²) in [5, 5.41) is 0.895. The van der Waals surface area contributed by atoms with E-state index in [0.717, 1.165) is 26.7 Å². The van der Waals surface area contributed by atoms with Crippen LogP contribution in [-0.2, 0) is 0 Å². The van der Waals surface area contributed by atoms with Crippen LogP contribution in [0.4, 0.5) is 8.63 Å². The van der Waals surface area contributed by atoms with Crippen molar-refractivity contribution in [2.75, 3.05) is 0 Å². The Balaban J connectivity index is 2.08. The van der Waals surface area contributed by atoms with Crippen LogP contribution in [0.25, 0.3) is 16.6 Å². The topological polar surface area (TPSA) is 43.1 Å². The van der Waals surface area contributed by atoms with E-state index in [-0.39, 0.29) is 0 Å². The second-order valence-electron chi connectivity index (χ2n) is 7.02. The summed E-state index contributed by atoms with van der Waals surface area (Å²) in [6.07, 6.45) is 3.62. The smallest absolute Gasteiger partial charge is 0.329 e. The normalized spacial score (nSPS) is 15.6. The maximum absolute atomic E-state index is 13.9. The lowest BCUT2D eigenvalue weighted by Gasteiger charge is -2.16. The molecule has 7 heteroatoms. The van der Waals surface area contributed by atoms with Crippen molar-refractivity contribution in [2.45, 2.75) is 27.7 Å². The molecular weight excluding hydrogens is 357 g/mol.